The van der Waals surface area contributed by atoms with Crippen molar-refractivity contribution in [2.45, 2.75) is 18.9 Å². The number of benzene rings is 2. The van der Waals surface area contributed by atoms with E-state index in [1.165, 1.54) is 18.3 Å². The highest BCUT2D eigenvalue weighted by molar-refractivity contribution is 6.10. The summed E-state index contributed by atoms with van der Waals surface area (Å²) in [6, 6.07) is 17.7. The number of anilines is 1. The summed E-state index contributed by atoms with van der Waals surface area (Å²) in [5, 5.41) is 5.36. The molecule has 10 nitrogen and oxygen atoms in total. The SMILES string of the molecule is CCC1(c2ccccc2)NC(=O)N(CC(=O)Nc2ccc(Oc3cccc(C(N)=O)c3)nc2)C1=O. The maximum Gasteiger partial charge on any atom is 0.325 e. The van der Waals surface area contributed by atoms with E-state index in [-0.39, 0.29) is 5.88 Å². The van der Waals surface area contributed by atoms with Gasteiger partial charge in [-0.15, -0.1) is 0 Å². The minimum Gasteiger partial charge on any atom is -0.439 e. The molecule has 4 N–H and O–H groups in total. The second kappa shape index (κ2) is 9.64. The van der Waals surface area contributed by atoms with Crippen LogP contribution in [0.25, 0.3) is 0 Å². The van der Waals surface area contributed by atoms with Crippen LogP contribution >= 0.6 is 0 Å². The lowest BCUT2D eigenvalue weighted by atomic mass is 9.87. The van der Waals surface area contributed by atoms with Gasteiger partial charge in [-0.25, -0.2) is 9.78 Å². The van der Waals surface area contributed by atoms with Gasteiger partial charge in [0.15, 0.2) is 0 Å². The van der Waals surface area contributed by atoms with Crippen LogP contribution in [0.1, 0.15) is 29.3 Å². The van der Waals surface area contributed by atoms with Gasteiger partial charge >= 0.3 is 6.03 Å². The Bertz CT molecular complexity index is 1280. The molecular formula is C25H23N5O5. The number of pyridine rings is 1. The summed E-state index contributed by atoms with van der Waals surface area (Å²) in [6.45, 7) is 1.35. The Labute approximate surface area is 201 Å². The van der Waals surface area contributed by atoms with Gasteiger partial charge in [-0.05, 0) is 36.2 Å². The third kappa shape index (κ3) is 4.81. The van der Waals surface area contributed by atoms with Crippen LogP contribution in [-0.2, 0) is 15.1 Å². The molecule has 1 fully saturated rings. The highest BCUT2D eigenvalue weighted by Crippen LogP contribution is 2.32. The fourth-order valence-corrected chi connectivity index (χ4v) is 3.82. The van der Waals surface area contributed by atoms with Gasteiger partial charge in [0, 0.05) is 11.6 Å². The summed E-state index contributed by atoms with van der Waals surface area (Å²) in [4.78, 5) is 54.6. The van der Waals surface area contributed by atoms with Crippen molar-refractivity contribution in [3.8, 4) is 11.6 Å². The molecule has 1 aromatic heterocycles. The average molecular weight is 473 g/mol. The third-order valence-electron chi connectivity index (χ3n) is 5.64. The van der Waals surface area contributed by atoms with Gasteiger partial charge < -0.3 is 21.1 Å². The van der Waals surface area contributed by atoms with E-state index in [0.717, 1.165) is 4.90 Å². The fraction of sp³-hybridized carbons (Fsp3) is 0.160. The largest absolute Gasteiger partial charge is 0.439 e. The highest BCUT2D eigenvalue weighted by Gasteiger charge is 2.51. The zero-order valence-corrected chi connectivity index (χ0v) is 18.9. The van der Waals surface area contributed by atoms with Gasteiger partial charge in [-0.2, -0.15) is 0 Å². The first-order chi connectivity index (χ1) is 16.8. The van der Waals surface area contributed by atoms with Crippen molar-refractivity contribution in [2.75, 3.05) is 11.9 Å². The van der Waals surface area contributed by atoms with Crippen LogP contribution in [0.4, 0.5) is 10.5 Å². The van der Waals surface area contributed by atoms with Gasteiger partial charge in [0.2, 0.25) is 17.7 Å². The quantitative estimate of drug-likeness (QED) is 0.429. The molecule has 1 saturated heterocycles. The van der Waals surface area contributed by atoms with Crippen molar-refractivity contribution in [1.82, 2.24) is 15.2 Å². The smallest absolute Gasteiger partial charge is 0.325 e. The molecule has 4 rings (SSSR count). The normalized spacial score (nSPS) is 17.1. The van der Waals surface area contributed by atoms with Crippen LogP contribution in [0, 0.1) is 0 Å². The summed E-state index contributed by atoms with van der Waals surface area (Å²) < 4.78 is 5.60. The van der Waals surface area contributed by atoms with Crippen LogP contribution in [0.2, 0.25) is 0 Å². The van der Waals surface area contributed by atoms with E-state index in [2.05, 4.69) is 15.6 Å². The minimum absolute atomic E-state index is 0.231. The van der Waals surface area contributed by atoms with Crippen molar-refractivity contribution in [3.05, 3.63) is 84.1 Å². The number of amides is 5. The number of primary amides is 1. The van der Waals surface area contributed by atoms with Crippen molar-refractivity contribution in [2.24, 2.45) is 5.73 Å². The summed E-state index contributed by atoms with van der Waals surface area (Å²) in [5.41, 5.74) is 5.37. The van der Waals surface area contributed by atoms with Gasteiger partial charge in [0.25, 0.3) is 5.91 Å². The van der Waals surface area contributed by atoms with Crippen molar-refractivity contribution >= 4 is 29.4 Å². The van der Waals surface area contributed by atoms with Crippen LogP contribution in [0.5, 0.6) is 11.6 Å². The van der Waals surface area contributed by atoms with Crippen LogP contribution in [0.15, 0.2) is 72.9 Å². The van der Waals surface area contributed by atoms with E-state index in [1.54, 1.807) is 55.5 Å². The number of imide groups is 1. The molecule has 3 aromatic rings. The molecular weight excluding hydrogens is 450 g/mol. The molecule has 35 heavy (non-hydrogen) atoms. The number of hydrogen-bond donors (Lipinski definition) is 3. The van der Waals surface area contributed by atoms with Gasteiger partial charge in [0.05, 0.1) is 11.9 Å². The van der Waals surface area contributed by atoms with E-state index in [0.29, 0.717) is 29.0 Å². The summed E-state index contributed by atoms with van der Waals surface area (Å²) in [5.74, 6) is -1.01. The number of nitrogens with zero attached hydrogens (tertiary/aromatic N) is 2. The van der Waals surface area contributed by atoms with E-state index >= 15 is 0 Å². The van der Waals surface area contributed by atoms with E-state index < -0.39 is 35.8 Å². The first kappa shape index (κ1) is 23.4. The number of carbonyl (C=O) groups excluding carboxylic acids is 4. The molecule has 1 atom stereocenters. The lowest BCUT2D eigenvalue weighted by Crippen LogP contribution is -2.44. The monoisotopic (exact) mass is 473 g/mol. The predicted octanol–water partition coefficient (Wildman–Crippen LogP) is 2.77. The number of nitrogens with one attached hydrogen (secondary N) is 2. The Morgan fingerprint density at radius 3 is 2.51 bits per heavy atom. The number of aromatic nitrogens is 1. The van der Waals surface area contributed by atoms with Crippen molar-refractivity contribution in [1.29, 1.82) is 0 Å². The Balaban J connectivity index is 1.40. The van der Waals surface area contributed by atoms with Crippen molar-refractivity contribution < 1.29 is 23.9 Å². The molecule has 2 aromatic carbocycles. The molecule has 0 aliphatic carbocycles. The number of ether oxygens (including phenoxy) is 1. The molecule has 0 spiro atoms. The Morgan fingerprint density at radius 2 is 1.86 bits per heavy atom. The maximum absolute atomic E-state index is 13.1. The molecule has 0 bridgehead atoms. The summed E-state index contributed by atoms with van der Waals surface area (Å²) in [7, 11) is 0. The van der Waals surface area contributed by atoms with Gasteiger partial charge in [-0.1, -0.05) is 43.3 Å². The highest BCUT2D eigenvalue weighted by atomic mass is 16.5. The molecule has 1 unspecified atom stereocenters. The number of nitrogens with two attached hydrogens (primary N) is 1. The molecule has 1 aliphatic rings. The molecule has 0 radical (unpaired) electrons. The van der Waals surface area contributed by atoms with Gasteiger partial charge in [-0.3, -0.25) is 19.3 Å². The van der Waals surface area contributed by atoms with E-state index in [4.69, 9.17) is 10.5 Å². The van der Waals surface area contributed by atoms with Gasteiger partial charge in [0.1, 0.15) is 17.8 Å². The summed E-state index contributed by atoms with van der Waals surface area (Å²) in [6.07, 6.45) is 1.71. The molecule has 0 saturated carbocycles. The number of urea groups is 1. The van der Waals surface area contributed by atoms with Crippen LogP contribution in [0.3, 0.4) is 0 Å². The molecule has 5 amide bonds. The number of rotatable bonds is 8. The lowest BCUT2D eigenvalue weighted by molar-refractivity contribution is -0.134. The zero-order chi connectivity index (χ0) is 25.0. The topological polar surface area (TPSA) is 144 Å². The zero-order valence-electron chi connectivity index (χ0n) is 18.9. The Hall–Kier alpha value is -4.73. The standard InChI is InChI=1S/C25H23N5O5/c1-2-25(17-8-4-3-5-9-17)23(33)30(24(34)29-25)15-20(31)28-18-11-12-21(27-14-18)35-19-10-6-7-16(13-19)22(26)32/h3-14H,2,15H2,1H3,(H2,26,32)(H,28,31)(H,29,34). The first-order valence-electron chi connectivity index (χ1n) is 10.9. The number of carbonyl (C=O) groups is 4. The maximum atomic E-state index is 13.1. The Kier molecular flexibility index (Phi) is 6.45. The van der Waals surface area contributed by atoms with Crippen LogP contribution < -0.4 is 21.1 Å². The molecule has 2 heterocycles. The average Bonchev–Trinajstić information content (AvgIpc) is 3.11. The second-order valence-electron chi connectivity index (χ2n) is 7.87. The van der Waals surface area contributed by atoms with E-state index in [9.17, 15) is 19.2 Å². The van der Waals surface area contributed by atoms with Crippen LogP contribution in [-0.4, -0.2) is 40.2 Å². The molecule has 10 heteroatoms. The number of hydrogen-bond acceptors (Lipinski definition) is 6. The lowest BCUT2D eigenvalue weighted by Gasteiger charge is -2.25. The van der Waals surface area contributed by atoms with Crippen molar-refractivity contribution in [3.63, 3.8) is 0 Å². The third-order valence-corrected chi connectivity index (χ3v) is 5.64. The minimum atomic E-state index is -1.20. The first-order valence-corrected chi connectivity index (χ1v) is 10.9. The summed E-state index contributed by atoms with van der Waals surface area (Å²) >= 11 is 0. The predicted molar refractivity (Wildman–Crippen MR) is 127 cm³/mol. The fourth-order valence-electron chi connectivity index (χ4n) is 3.82. The molecule has 178 valence electrons. The second-order valence-corrected chi connectivity index (χ2v) is 7.87. The molecule has 1 aliphatic heterocycles. The Morgan fingerprint density at radius 1 is 1.09 bits per heavy atom. The van der Waals surface area contributed by atoms with E-state index in [1.807, 2.05) is 6.07 Å².